The third-order valence-corrected chi connectivity index (χ3v) is 6.58. The molecule has 33 heavy (non-hydrogen) atoms. The fraction of sp³-hybridized carbons (Fsp3) is 0.174. The third kappa shape index (κ3) is 4.51. The lowest BCUT2D eigenvalue weighted by molar-refractivity contribution is 0.0997. The van der Waals surface area contributed by atoms with Gasteiger partial charge >= 0.3 is 0 Å². The summed E-state index contributed by atoms with van der Waals surface area (Å²) in [5.74, 6) is -0.733. The number of carbonyl (C=O) groups is 1. The first kappa shape index (κ1) is 22.3. The molecule has 4 aromatic rings. The summed E-state index contributed by atoms with van der Waals surface area (Å²) in [5, 5.41) is 6.73. The Balaban J connectivity index is 1.52. The van der Waals surface area contributed by atoms with Crippen LogP contribution < -0.4 is 15.5 Å². The molecule has 10 heteroatoms. The minimum absolute atomic E-state index is 0.0297. The monoisotopic (exact) mass is 467 g/mol. The van der Waals surface area contributed by atoms with E-state index in [1.54, 1.807) is 26.0 Å². The molecule has 0 radical (unpaired) electrons. The highest BCUT2D eigenvalue weighted by molar-refractivity contribution is 7.92. The number of amides is 1. The first-order chi connectivity index (χ1) is 15.7. The van der Waals surface area contributed by atoms with Crippen LogP contribution in [-0.4, -0.2) is 19.5 Å². The van der Waals surface area contributed by atoms with E-state index in [1.807, 2.05) is 13.0 Å². The van der Waals surface area contributed by atoms with Gasteiger partial charge in [-0.2, -0.15) is 0 Å². The van der Waals surface area contributed by atoms with Crippen LogP contribution in [0.25, 0.3) is 11.0 Å². The highest BCUT2D eigenvalue weighted by Gasteiger charge is 2.19. The van der Waals surface area contributed by atoms with Crippen LogP contribution in [0.3, 0.4) is 0 Å². The quantitative estimate of drug-likeness (QED) is 0.438. The molecule has 0 fully saturated rings. The number of carbonyl (C=O) groups excluding carboxylic acids is 1. The molecule has 0 aliphatic carbocycles. The van der Waals surface area contributed by atoms with Crippen molar-refractivity contribution in [1.82, 2.24) is 5.16 Å². The second-order valence-electron chi connectivity index (χ2n) is 7.47. The summed E-state index contributed by atoms with van der Waals surface area (Å²) < 4.78 is 38.1. The summed E-state index contributed by atoms with van der Waals surface area (Å²) in [7, 11) is -3.91. The molecule has 170 valence electrons. The van der Waals surface area contributed by atoms with Crippen LogP contribution in [0.1, 0.15) is 34.3 Å². The van der Waals surface area contributed by atoms with Crippen molar-refractivity contribution in [2.24, 2.45) is 0 Å². The highest BCUT2D eigenvalue weighted by atomic mass is 32.2. The van der Waals surface area contributed by atoms with Crippen molar-refractivity contribution >= 4 is 38.5 Å². The number of aryl methyl sites for hydroxylation is 2. The Hall–Kier alpha value is -3.92. The molecule has 2 aromatic heterocycles. The molecule has 0 saturated carbocycles. The maximum atomic E-state index is 12.6. The predicted octanol–water partition coefficient (Wildman–Crippen LogP) is 4.01. The molecule has 0 aliphatic heterocycles. The molecule has 1 amide bonds. The standard InChI is InChI=1S/C23H21N3O6S/c1-4-15-5-10-20-18(11-15)19(27)12-21(31-20)22(28)24-16-6-8-17(9-7-16)33(29,30)26-23-13(2)14(3)25-32-23/h5-12,26H,4H2,1-3H3,(H,24,28). The largest absolute Gasteiger partial charge is 0.451 e. The van der Waals surface area contributed by atoms with Crippen molar-refractivity contribution in [3.05, 3.63) is 81.3 Å². The SMILES string of the molecule is CCc1ccc2oc(C(=O)Nc3ccc(S(=O)(=O)Nc4onc(C)c4C)cc3)cc(=O)c2c1. The number of hydrogen-bond donors (Lipinski definition) is 2. The van der Waals surface area contributed by atoms with Crippen molar-refractivity contribution in [3.8, 4) is 0 Å². The zero-order chi connectivity index (χ0) is 23.8. The van der Waals surface area contributed by atoms with Crippen LogP contribution in [-0.2, 0) is 16.4 Å². The van der Waals surface area contributed by atoms with Gasteiger partial charge in [0.05, 0.1) is 16.0 Å². The fourth-order valence-electron chi connectivity index (χ4n) is 3.14. The number of anilines is 2. The normalized spacial score (nSPS) is 11.5. The van der Waals surface area contributed by atoms with Crippen molar-refractivity contribution < 1.29 is 22.2 Å². The molecular weight excluding hydrogens is 446 g/mol. The Morgan fingerprint density at radius 3 is 2.42 bits per heavy atom. The fourth-order valence-corrected chi connectivity index (χ4v) is 4.18. The number of nitrogens with zero attached hydrogens (tertiary/aromatic N) is 1. The van der Waals surface area contributed by atoms with Gasteiger partial charge in [0, 0.05) is 17.3 Å². The van der Waals surface area contributed by atoms with E-state index in [1.165, 1.54) is 24.3 Å². The molecule has 4 rings (SSSR count). The Bertz CT molecular complexity index is 1520. The van der Waals surface area contributed by atoms with Gasteiger partial charge in [-0.3, -0.25) is 9.59 Å². The van der Waals surface area contributed by atoms with Crippen LogP contribution in [0.15, 0.2) is 67.2 Å². The van der Waals surface area contributed by atoms with Crippen LogP contribution in [0, 0.1) is 13.8 Å². The lowest BCUT2D eigenvalue weighted by atomic mass is 10.1. The van der Waals surface area contributed by atoms with Gasteiger partial charge < -0.3 is 14.3 Å². The van der Waals surface area contributed by atoms with E-state index in [9.17, 15) is 18.0 Å². The number of fused-ring (bicyclic) bond motifs is 1. The second-order valence-corrected chi connectivity index (χ2v) is 9.15. The molecule has 2 heterocycles. The number of nitrogens with one attached hydrogen (secondary N) is 2. The molecule has 0 unspecified atom stereocenters. The van der Waals surface area contributed by atoms with Crippen molar-refractivity contribution in [1.29, 1.82) is 0 Å². The smallest absolute Gasteiger partial charge is 0.291 e. The summed E-state index contributed by atoms with van der Waals surface area (Å²) in [6.07, 6.45) is 0.774. The number of rotatable bonds is 6. The van der Waals surface area contributed by atoms with E-state index in [0.29, 0.717) is 27.9 Å². The third-order valence-electron chi connectivity index (χ3n) is 5.23. The maximum Gasteiger partial charge on any atom is 0.291 e. The zero-order valence-corrected chi connectivity index (χ0v) is 18.9. The summed E-state index contributed by atoms with van der Waals surface area (Å²) in [6, 6.07) is 11.9. The maximum absolute atomic E-state index is 12.6. The minimum Gasteiger partial charge on any atom is -0.451 e. The molecule has 2 N–H and O–H groups in total. The molecule has 0 atom stereocenters. The van der Waals surface area contributed by atoms with Crippen LogP contribution >= 0.6 is 0 Å². The minimum atomic E-state index is -3.91. The van der Waals surface area contributed by atoms with Crippen LogP contribution in [0.2, 0.25) is 0 Å². The lowest BCUT2D eigenvalue weighted by Crippen LogP contribution is -2.16. The van der Waals surface area contributed by atoms with Crippen molar-refractivity contribution in [2.45, 2.75) is 32.1 Å². The first-order valence-corrected chi connectivity index (χ1v) is 11.6. The molecule has 0 saturated heterocycles. The lowest BCUT2D eigenvalue weighted by Gasteiger charge is -2.08. The number of hydrogen-bond acceptors (Lipinski definition) is 7. The van der Waals surface area contributed by atoms with Crippen molar-refractivity contribution in [2.75, 3.05) is 10.0 Å². The predicted molar refractivity (Wildman–Crippen MR) is 123 cm³/mol. The second kappa shape index (κ2) is 8.55. The molecule has 0 aliphatic rings. The van der Waals surface area contributed by atoms with Crippen LogP contribution in [0.5, 0.6) is 0 Å². The molecule has 0 bridgehead atoms. The van der Waals surface area contributed by atoms with E-state index < -0.39 is 15.9 Å². The Morgan fingerprint density at radius 2 is 1.79 bits per heavy atom. The summed E-state index contributed by atoms with van der Waals surface area (Å²) in [5.41, 5.74) is 2.49. The van der Waals surface area contributed by atoms with E-state index in [4.69, 9.17) is 8.94 Å². The zero-order valence-electron chi connectivity index (χ0n) is 18.1. The number of sulfonamides is 1. The van der Waals surface area contributed by atoms with Gasteiger partial charge in [0.25, 0.3) is 15.9 Å². The average molecular weight is 468 g/mol. The average Bonchev–Trinajstić information content (AvgIpc) is 3.10. The van der Waals surface area contributed by atoms with Gasteiger partial charge in [0.1, 0.15) is 5.58 Å². The molecule has 2 aromatic carbocycles. The Labute approximate surface area is 189 Å². The van der Waals surface area contributed by atoms with E-state index in [-0.39, 0.29) is 22.0 Å². The van der Waals surface area contributed by atoms with Gasteiger partial charge in [0.2, 0.25) is 5.88 Å². The number of aromatic nitrogens is 1. The first-order valence-electron chi connectivity index (χ1n) is 10.1. The van der Waals surface area contributed by atoms with Gasteiger partial charge in [-0.25, -0.2) is 13.1 Å². The summed E-state index contributed by atoms with van der Waals surface area (Å²) >= 11 is 0. The summed E-state index contributed by atoms with van der Waals surface area (Å²) in [4.78, 5) is 25.0. The highest BCUT2D eigenvalue weighted by Crippen LogP contribution is 2.23. The van der Waals surface area contributed by atoms with Crippen LogP contribution in [0.4, 0.5) is 11.6 Å². The van der Waals surface area contributed by atoms with E-state index in [0.717, 1.165) is 18.1 Å². The van der Waals surface area contributed by atoms with Gasteiger partial charge in [-0.1, -0.05) is 18.1 Å². The van der Waals surface area contributed by atoms with Gasteiger partial charge in [-0.15, -0.1) is 0 Å². The topological polar surface area (TPSA) is 132 Å². The molecule has 9 nitrogen and oxygen atoms in total. The molecule has 0 spiro atoms. The van der Waals surface area contributed by atoms with Crippen molar-refractivity contribution in [3.63, 3.8) is 0 Å². The van der Waals surface area contributed by atoms with Gasteiger partial charge in [0.15, 0.2) is 11.2 Å². The number of benzene rings is 2. The molecular formula is C23H21N3O6S. The van der Waals surface area contributed by atoms with E-state index >= 15 is 0 Å². The van der Waals surface area contributed by atoms with E-state index in [2.05, 4.69) is 15.2 Å². The summed E-state index contributed by atoms with van der Waals surface area (Å²) in [6.45, 7) is 5.37. The Morgan fingerprint density at radius 1 is 1.06 bits per heavy atom. The Kier molecular flexibility index (Phi) is 5.77. The van der Waals surface area contributed by atoms with Gasteiger partial charge in [-0.05, 0) is 62.2 Å².